The Morgan fingerprint density at radius 2 is 1.70 bits per heavy atom. The number of ether oxygens (including phenoxy) is 1. The summed E-state index contributed by atoms with van der Waals surface area (Å²) in [4.78, 5) is 13.5. The van der Waals surface area contributed by atoms with Crippen LogP contribution in [0.5, 0.6) is 0 Å². The van der Waals surface area contributed by atoms with Gasteiger partial charge in [0.25, 0.3) is 0 Å². The van der Waals surface area contributed by atoms with Gasteiger partial charge in [0.05, 0.1) is 18.8 Å². The lowest BCUT2D eigenvalue weighted by atomic mass is 10.1. The average molecular weight is 364 g/mol. The Hall–Kier alpha value is -0.850. The maximum Gasteiger partial charge on any atom is 0.234 e. The van der Waals surface area contributed by atoms with E-state index in [1.807, 2.05) is 0 Å². The van der Waals surface area contributed by atoms with Crippen LogP contribution in [0, 0.1) is 0 Å². The van der Waals surface area contributed by atoms with Crippen LogP contribution < -0.4 is 11.1 Å². The number of nitrogens with two attached hydrogens (primary N) is 1. The third kappa shape index (κ3) is 7.50. The van der Waals surface area contributed by atoms with Crippen LogP contribution in [0.3, 0.4) is 0 Å². The van der Waals surface area contributed by atoms with E-state index < -0.39 is 0 Å². The predicted octanol–water partition coefficient (Wildman–Crippen LogP) is 1.71. The molecule has 0 bridgehead atoms. The highest BCUT2D eigenvalue weighted by Crippen LogP contribution is 2.14. The number of hydrogen-bond acceptors (Lipinski definition) is 4. The molecule has 3 N–H and O–H groups in total. The number of carbonyl (C=O) groups excluding carboxylic acids is 1. The van der Waals surface area contributed by atoms with Gasteiger partial charge in [0.15, 0.2) is 0 Å². The van der Waals surface area contributed by atoms with Gasteiger partial charge < -0.3 is 15.8 Å². The fraction of sp³-hybridized carbons (Fsp3) is 0.562. The molecule has 7 heteroatoms. The van der Waals surface area contributed by atoms with Gasteiger partial charge in [-0.05, 0) is 25.0 Å². The Bertz CT molecular complexity index is 461. The average Bonchev–Trinajstić information content (AvgIpc) is 2.45. The van der Waals surface area contributed by atoms with Crippen molar-refractivity contribution in [2.45, 2.75) is 39.1 Å². The molecule has 1 aliphatic heterocycles. The molecule has 2 unspecified atom stereocenters. The lowest BCUT2D eigenvalue weighted by molar-refractivity contribution is -0.119. The van der Waals surface area contributed by atoms with E-state index in [2.05, 4.69) is 48.3 Å². The summed E-state index contributed by atoms with van der Waals surface area (Å²) in [6, 6.07) is 8.35. The SMILES string of the molecule is CC1CN(Cc2ccc(CNC(=O)CN)cc2)CC(C)O1.Cl.Cl. The van der Waals surface area contributed by atoms with E-state index in [0.29, 0.717) is 18.8 Å². The molecule has 0 radical (unpaired) electrons. The molecule has 1 aromatic rings. The first kappa shape index (κ1) is 22.1. The zero-order chi connectivity index (χ0) is 15.2. The largest absolute Gasteiger partial charge is 0.373 e. The number of nitrogens with zero attached hydrogens (tertiary/aromatic N) is 1. The quantitative estimate of drug-likeness (QED) is 0.835. The van der Waals surface area contributed by atoms with Gasteiger partial charge in [-0.15, -0.1) is 24.8 Å². The van der Waals surface area contributed by atoms with Crippen molar-refractivity contribution in [2.24, 2.45) is 5.73 Å². The van der Waals surface area contributed by atoms with Gasteiger partial charge in [0, 0.05) is 26.2 Å². The summed E-state index contributed by atoms with van der Waals surface area (Å²) in [5, 5.41) is 2.77. The predicted molar refractivity (Wildman–Crippen MR) is 97.1 cm³/mol. The molecule has 0 aliphatic carbocycles. The maximum atomic E-state index is 11.1. The van der Waals surface area contributed by atoms with E-state index in [0.717, 1.165) is 25.2 Å². The molecule has 132 valence electrons. The molecular formula is C16H27Cl2N3O2. The van der Waals surface area contributed by atoms with Crippen LogP contribution in [0.1, 0.15) is 25.0 Å². The van der Waals surface area contributed by atoms with Gasteiger partial charge in [0.2, 0.25) is 5.91 Å². The third-order valence-corrected chi connectivity index (χ3v) is 3.60. The van der Waals surface area contributed by atoms with Crippen molar-refractivity contribution in [2.75, 3.05) is 19.6 Å². The summed E-state index contributed by atoms with van der Waals surface area (Å²) in [7, 11) is 0. The second-order valence-electron chi connectivity index (χ2n) is 5.75. The maximum absolute atomic E-state index is 11.1. The molecule has 5 nitrogen and oxygen atoms in total. The van der Waals surface area contributed by atoms with E-state index in [1.165, 1.54) is 5.56 Å². The number of nitrogens with one attached hydrogen (secondary N) is 1. The Labute approximate surface area is 150 Å². The van der Waals surface area contributed by atoms with Crippen molar-refractivity contribution < 1.29 is 9.53 Å². The normalized spacial score (nSPS) is 21.0. The number of morpholine rings is 1. The molecule has 0 spiro atoms. The summed E-state index contributed by atoms with van der Waals surface area (Å²) in [5.41, 5.74) is 7.63. The van der Waals surface area contributed by atoms with Crippen molar-refractivity contribution in [1.82, 2.24) is 10.2 Å². The minimum atomic E-state index is -0.129. The smallest absolute Gasteiger partial charge is 0.234 e. The minimum Gasteiger partial charge on any atom is -0.373 e. The summed E-state index contributed by atoms with van der Waals surface area (Å²) >= 11 is 0. The Balaban J connectivity index is 0.00000242. The van der Waals surface area contributed by atoms with Gasteiger partial charge in [-0.3, -0.25) is 9.69 Å². The number of hydrogen-bond donors (Lipinski definition) is 2. The highest BCUT2D eigenvalue weighted by atomic mass is 35.5. The molecule has 2 atom stereocenters. The second-order valence-corrected chi connectivity index (χ2v) is 5.75. The van der Waals surface area contributed by atoms with Gasteiger partial charge in [-0.25, -0.2) is 0 Å². The zero-order valence-corrected chi connectivity index (χ0v) is 15.3. The van der Waals surface area contributed by atoms with Crippen molar-refractivity contribution in [3.63, 3.8) is 0 Å². The molecule has 1 fully saturated rings. The van der Waals surface area contributed by atoms with Gasteiger partial charge in [-0.1, -0.05) is 24.3 Å². The van der Waals surface area contributed by atoms with Crippen molar-refractivity contribution in [1.29, 1.82) is 0 Å². The van der Waals surface area contributed by atoms with E-state index >= 15 is 0 Å². The fourth-order valence-electron chi connectivity index (χ4n) is 2.71. The highest BCUT2D eigenvalue weighted by Gasteiger charge is 2.21. The van der Waals surface area contributed by atoms with E-state index in [1.54, 1.807) is 0 Å². The van der Waals surface area contributed by atoms with Gasteiger partial charge in [0.1, 0.15) is 0 Å². The Morgan fingerprint density at radius 1 is 1.17 bits per heavy atom. The number of rotatable bonds is 5. The monoisotopic (exact) mass is 363 g/mol. The summed E-state index contributed by atoms with van der Waals surface area (Å²) in [6.07, 6.45) is 0.582. The van der Waals surface area contributed by atoms with Gasteiger partial charge in [-0.2, -0.15) is 0 Å². The molecule has 1 saturated heterocycles. The second kappa shape index (κ2) is 10.8. The zero-order valence-electron chi connectivity index (χ0n) is 13.7. The lowest BCUT2D eigenvalue weighted by Crippen LogP contribution is -2.44. The van der Waals surface area contributed by atoms with E-state index in [4.69, 9.17) is 10.5 Å². The van der Waals surface area contributed by atoms with Crippen molar-refractivity contribution >= 4 is 30.7 Å². The highest BCUT2D eigenvalue weighted by molar-refractivity contribution is 5.85. The standard InChI is InChI=1S/C16H25N3O2.2ClH/c1-12-9-19(10-13(2)21-12)11-15-5-3-14(4-6-15)8-18-16(20)7-17;;/h3-6,12-13H,7-11,17H2,1-2H3,(H,18,20);2*1H. The molecule has 0 aromatic heterocycles. The molecule has 2 rings (SSSR count). The van der Waals surface area contributed by atoms with Crippen LogP contribution in [0.2, 0.25) is 0 Å². The molecule has 0 saturated carbocycles. The van der Waals surface area contributed by atoms with Crippen LogP contribution in [0.4, 0.5) is 0 Å². The molecule has 1 aromatic carbocycles. The summed E-state index contributed by atoms with van der Waals surface area (Å²) in [5.74, 6) is -0.129. The first-order valence-electron chi connectivity index (χ1n) is 7.49. The van der Waals surface area contributed by atoms with Crippen LogP contribution in [0.25, 0.3) is 0 Å². The van der Waals surface area contributed by atoms with Crippen LogP contribution >= 0.6 is 24.8 Å². The number of benzene rings is 1. The van der Waals surface area contributed by atoms with E-state index in [-0.39, 0.29) is 37.3 Å². The van der Waals surface area contributed by atoms with Crippen molar-refractivity contribution in [3.8, 4) is 0 Å². The molecule has 23 heavy (non-hydrogen) atoms. The fourth-order valence-corrected chi connectivity index (χ4v) is 2.71. The van der Waals surface area contributed by atoms with Crippen molar-refractivity contribution in [3.05, 3.63) is 35.4 Å². The Kier molecular flexibility index (Phi) is 10.4. The molecule has 1 heterocycles. The lowest BCUT2D eigenvalue weighted by Gasteiger charge is -2.35. The first-order valence-corrected chi connectivity index (χ1v) is 7.49. The molecule has 1 amide bonds. The first-order chi connectivity index (χ1) is 10.1. The van der Waals surface area contributed by atoms with Crippen LogP contribution in [-0.4, -0.2) is 42.6 Å². The van der Waals surface area contributed by atoms with Crippen LogP contribution in [0.15, 0.2) is 24.3 Å². The van der Waals surface area contributed by atoms with Gasteiger partial charge >= 0.3 is 0 Å². The summed E-state index contributed by atoms with van der Waals surface area (Å²) < 4.78 is 5.75. The third-order valence-electron chi connectivity index (χ3n) is 3.60. The number of carbonyl (C=O) groups is 1. The summed E-state index contributed by atoms with van der Waals surface area (Å²) in [6.45, 7) is 7.68. The Morgan fingerprint density at radius 3 is 2.22 bits per heavy atom. The topological polar surface area (TPSA) is 67.6 Å². The van der Waals surface area contributed by atoms with Crippen LogP contribution in [-0.2, 0) is 22.6 Å². The molecule has 1 aliphatic rings. The molecular weight excluding hydrogens is 337 g/mol. The number of amides is 1. The minimum absolute atomic E-state index is 0. The van der Waals surface area contributed by atoms with E-state index in [9.17, 15) is 4.79 Å². The number of halogens is 2.